The maximum Gasteiger partial charge on any atom is 0.226 e. The molecule has 0 radical (unpaired) electrons. The predicted octanol–water partition coefficient (Wildman–Crippen LogP) is 2.50. The zero-order valence-corrected chi connectivity index (χ0v) is 15.5. The summed E-state index contributed by atoms with van der Waals surface area (Å²) in [5.74, 6) is 0.418. The third kappa shape index (κ3) is 3.06. The van der Waals surface area contributed by atoms with Crippen molar-refractivity contribution in [1.82, 2.24) is 24.9 Å². The van der Waals surface area contributed by atoms with Crippen LogP contribution in [0.25, 0.3) is 16.6 Å². The molecule has 1 unspecified atom stereocenters. The van der Waals surface area contributed by atoms with E-state index in [1.807, 2.05) is 11.0 Å². The molecule has 140 valence electrons. The highest BCUT2D eigenvalue weighted by Crippen LogP contribution is 2.32. The Hall–Kier alpha value is -2.54. The SMILES string of the molecule is Cc1cccc2cc(CN(CC3CCCO3)C(=O)C3CC3)c3nnnn3c12. The number of hydrogen-bond acceptors (Lipinski definition) is 5. The summed E-state index contributed by atoms with van der Waals surface area (Å²) in [4.78, 5) is 14.9. The largest absolute Gasteiger partial charge is 0.376 e. The zero-order chi connectivity index (χ0) is 18.4. The minimum Gasteiger partial charge on any atom is -0.376 e. The summed E-state index contributed by atoms with van der Waals surface area (Å²) in [5.41, 5.74) is 3.84. The molecule has 0 bridgehead atoms. The normalized spacial score (nSPS) is 19.8. The summed E-state index contributed by atoms with van der Waals surface area (Å²) in [6, 6.07) is 8.29. The lowest BCUT2D eigenvalue weighted by Crippen LogP contribution is -2.38. The summed E-state index contributed by atoms with van der Waals surface area (Å²) in [7, 11) is 0. The number of ether oxygens (including phenoxy) is 1. The summed E-state index contributed by atoms with van der Waals surface area (Å²) in [5, 5.41) is 13.4. The van der Waals surface area contributed by atoms with Crippen LogP contribution in [0, 0.1) is 12.8 Å². The molecule has 1 atom stereocenters. The molecule has 1 aliphatic heterocycles. The Balaban J connectivity index is 1.53. The topological polar surface area (TPSA) is 72.6 Å². The van der Waals surface area contributed by atoms with Crippen molar-refractivity contribution in [3.63, 3.8) is 0 Å². The predicted molar refractivity (Wildman–Crippen MR) is 100 cm³/mol. The second kappa shape index (κ2) is 6.56. The van der Waals surface area contributed by atoms with E-state index in [0.717, 1.165) is 60.0 Å². The van der Waals surface area contributed by atoms with Gasteiger partial charge in [-0.2, -0.15) is 4.52 Å². The molecule has 7 heteroatoms. The molecule has 1 aliphatic carbocycles. The number of amides is 1. The Kier molecular flexibility index (Phi) is 4.04. The highest BCUT2D eigenvalue weighted by atomic mass is 16.5. The molecule has 2 fully saturated rings. The van der Waals surface area contributed by atoms with E-state index >= 15 is 0 Å². The van der Waals surface area contributed by atoms with E-state index in [4.69, 9.17) is 4.74 Å². The van der Waals surface area contributed by atoms with E-state index in [2.05, 4.69) is 40.6 Å². The van der Waals surface area contributed by atoms with Gasteiger partial charge in [0.15, 0.2) is 5.65 Å². The van der Waals surface area contributed by atoms with E-state index in [1.165, 1.54) is 0 Å². The van der Waals surface area contributed by atoms with Gasteiger partial charge in [0.1, 0.15) is 0 Å². The van der Waals surface area contributed by atoms with Crippen LogP contribution in [0.1, 0.15) is 36.8 Å². The van der Waals surface area contributed by atoms with Crippen molar-refractivity contribution in [2.24, 2.45) is 5.92 Å². The Bertz CT molecular complexity index is 1000. The number of fused-ring (bicyclic) bond motifs is 3. The first-order valence-corrected chi connectivity index (χ1v) is 9.70. The molecular weight excluding hydrogens is 342 g/mol. The lowest BCUT2D eigenvalue weighted by atomic mass is 10.1. The fraction of sp³-hybridized carbons (Fsp3) is 0.500. The van der Waals surface area contributed by atoms with Gasteiger partial charge in [0, 0.05) is 36.6 Å². The minimum atomic E-state index is 0.141. The van der Waals surface area contributed by atoms with Crippen molar-refractivity contribution in [2.75, 3.05) is 13.2 Å². The number of carbonyl (C=O) groups is 1. The molecular formula is C20H23N5O2. The quantitative estimate of drug-likeness (QED) is 0.695. The van der Waals surface area contributed by atoms with Crippen molar-refractivity contribution in [1.29, 1.82) is 0 Å². The third-order valence-corrected chi connectivity index (χ3v) is 5.61. The highest BCUT2D eigenvalue weighted by molar-refractivity contribution is 5.86. The van der Waals surface area contributed by atoms with E-state index < -0.39 is 0 Å². The Morgan fingerprint density at radius 3 is 3.00 bits per heavy atom. The Morgan fingerprint density at radius 2 is 2.22 bits per heavy atom. The van der Waals surface area contributed by atoms with Crippen molar-refractivity contribution in [3.8, 4) is 0 Å². The summed E-state index contributed by atoms with van der Waals surface area (Å²) < 4.78 is 7.59. The van der Waals surface area contributed by atoms with Crippen LogP contribution in [0.5, 0.6) is 0 Å². The highest BCUT2D eigenvalue weighted by Gasteiger charge is 2.35. The molecule has 7 nitrogen and oxygen atoms in total. The minimum absolute atomic E-state index is 0.141. The van der Waals surface area contributed by atoms with Crippen molar-refractivity contribution >= 4 is 22.5 Å². The fourth-order valence-corrected chi connectivity index (χ4v) is 4.05. The first-order valence-electron chi connectivity index (χ1n) is 9.70. The number of rotatable bonds is 5. The van der Waals surface area contributed by atoms with Crippen LogP contribution >= 0.6 is 0 Å². The second-order valence-electron chi connectivity index (χ2n) is 7.72. The van der Waals surface area contributed by atoms with Crippen LogP contribution in [-0.4, -0.2) is 50.1 Å². The van der Waals surface area contributed by atoms with E-state index in [1.54, 1.807) is 4.52 Å². The van der Waals surface area contributed by atoms with Gasteiger partial charge in [0.2, 0.25) is 5.91 Å². The van der Waals surface area contributed by atoms with Gasteiger partial charge >= 0.3 is 0 Å². The molecule has 1 saturated heterocycles. The van der Waals surface area contributed by atoms with Crippen LogP contribution in [0.4, 0.5) is 0 Å². The summed E-state index contributed by atoms with van der Waals surface area (Å²) >= 11 is 0. The van der Waals surface area contributed by atoms with Gasteiger partial charge in [0.05, 0.1) is 11.6 Å². The van der Waals surface area contributed by atoms with Gasteiger partial charge in [-0.1, -0.05) is 18.2 Å². The van der Waals surface area contributed by atoms with Crippen LogP contribution in [0.3, 0.4) is 0 Å². The first kappa shape index (κ1) is 16.6. The molecule has 1 saturated carbocycles. The van der Waals surface area contributed by atoms with Crippen molar-refractivity contribution in [2.45, 2.75) is 45.3 Å². The summed E-state index contributed by atoms with van der Waals surface area (Å²) in [6.45, 7) is 4.02. The van der Waals surface area contributed by atoms with Gasteiger partial charge < -0.3 is 9.64 Å². The maximum absolute atomic E-state index is 12.9. The smallest absolute Gasteiger partial charge is 0.226 e. The standard InChI is InChI=1S/C20H23N5O2/c1-13-4-2-5-15-10-16(19-21-22-23-25(19)18(13)15)11-24(20(26)14-7-8-14)12-17-6-3-9-27-17/h2,4-5,10,14,17H,3,6-9,11-12H2,1H3. The van der Waals surface area contributed by atoms with Gasteiger partial charge in [-0.05, 0) is 54.7 Å². The van der Waals surface area contributed by atoms with Crippen molar-refractivity contribution < 1.29 is 9.53 Å². The molecule has 3 aromatic rings. The molecule has 2 aliphatic rings. The molecule has 1 aromatic carbocycles. The lowest BCUT2D eigenvalue weighted by molar-refractivity contribution is -0.134. The monoisotopic (exact) mass is 365 g/mol. The van der Waals surface area contributed by atoms with E-state index in [9.17, 15) is 4.79 Å². The number of aromatic nitrogens is 4. The lowest BCUT2D eigenvalue weighted by Gasteiger charge is -2.26. The average molecular weight is 365 g/mol. The number of hydrogen-bond donors (Lipinski definition) is 0. The number of carbonyl (C=O) groups excluding carboxylic acids is 1. The van der Waals surface area contributed by atoms with Gasteiger partial charge in [0.25, 0.3) is 0 Å². The van der Waals surface area contributed by atoms with Gasteiger partial charge in [-0.3, -0.25) is 4.79 Å². The van der Waals surface area contributed by atoms with E-state index in [-0.39, 0.29) is 17.9 Å². The molecule has 0 spiro atoms. The van der Waals surface area contributed by atoms with Crippen LogP contribution in [-0.2, 0) is 16.1 Å². The number of tetrazole rings is 1. The molecule has 1 amide bonds. The molecule has 3 heterocycles. The number of para-hydroxylation sites is 1. The third-order valence-electron chi connectivity index (χ3n) is 5.61. The molecule has 27 heavy (non-hydrogen) atoms. The number of benzene rings is 1. The number of nitrogens with zero attached hydrogens (tertiary/aromatic N) is 5. The van der Waals surface area contributed by atoms with E-state index in [0.29, 0.717) is 13.1 Å². The van der Waals surface area contributed by atoms with Crippen LogP contribution in [0.15, 0.2) is 24.3 Å². The summed E-state index contributed by atoms with van der Waals surface area (Å²) in [6.07, 6.45) is 4.23. The number of aryl methyl sites for hydroxylation is 1. The molecule has 0 N–H and O–H groups in total. The van der Waals surface area contributed by atoms with Gasteiger partial charge in [-0.15, -0.1) is 5.10 Å². The second-order valence-corrected chi connectivity index (χ2v) is 7.72. The van der Waals surface area contributed by atoms with Crippen LogP contribution < -0.4 is 0 Å². The Labute approximate surface area is 157 Å². The van der Waals surface area contributed by atoms with Crippen LogP contribution in [0.2, 0.25) is 0 Å². The maximum atomic E-state index is 12.9. The molecule has 2 aromatic heterocycles. The number of pyridine rings is 1. The average Bonchev–Trinajstić information content (AvgIpc) is 3.16. The fourth-order valence-electron chi connectivity index (χ4n) is 4.05. The van der Waals surface area contributed by atoms with Gasteiger partial charge in [-0.25, -0.2) is 0 Å². The molecule has 5 rings (SSSR count). The first-order chi connectivity index (χ1) is 13.2. The zero-order valence-electron chi connectivity index (χ0n) is 15.5. The Morgan fingerprint density at radius 1 is 1.33 bits per heavy atom. The van der Waals surface area contributed by atoms with Crippen molar-refractivity contribution in [3.05, 3.63) is 35.4 Å².